The Hall–Kier alpha value is -2.29. The molecule has 96 valence electrons. The molecule has 0 N–H and O–H groups in total. The van der Waals surface area contributed by atoms with Gasteiger partial charge in [0.05, 0.1) is 0 Å². The van der Waals surface area contributed by atoms with Gasteiger partial charge >= 0.3 is 0 Å². The van der Waals surface area contributed by atoms with E-state index in [4.69, 9.17) is 0 Å². The van der Waals surface area contributed by atoms with Crippen LogP contribution in [0.3, 0.4) is 0 Å². The van der Waals surface area contributed by atoms with E-state index >= 15 is 0 Å². The minimum atomic E-state index is -0.948. The second kappa shape index (κ2) is 5.57. The molecule has 0 aliphatic carbocycles. The summed E-state index contributed by atoms with van der Waals surface area (Å²) in [6.07, 6.45) is 2.52. The fraction of sp³-hybridized carbons (Fsp3) is 0.0625. The quantitative estimate of drug-likeness (QED) is 0.596. The molecule has 0 fully saturated rings. The molecule has 19 heavy (non-hydrogen) atoms. The van der Waals surface area contributed by atoms with Crippen LogP contribution in [0.4, 0.5) is 8.78 Å². The zero-order valence-corrected chi connectivity index (χ0v) is 10.4. The van der Waals surface area contributed by atoms with Gasteiger partial charge < -0.3 is 0 Å². The molecule has 0 atom stereocenters. The van der Waals surface area contributed by atoms with E-state index in [1.165, 1.54) is 24.3 Å². The second-order valence-corrected chi connectivity index (χ2v) is 4.21. The van der Waals surface area contributed by atoms with E-state index in [1.807, 2.05) is 13.0 Å². The Morgan fingerprint density at radius 1 is 1.11 bits per heavy atom. The van der Waals surface area contributed by atoms with E-state index in [0.717, 1.165) is 11.6 Å². The van der Waals surface area contributed by atoms with E-state index in [9.17, 15) is 13.6 Å². The van der Waals surface area contributed by atoms with Crippen molar-refractivity contribution in [2.24, 2.45) is 0 Å². The highest BCUT2D eigenvalue weighted by Gasteiger charge is 2.06. The van der Waals surface area contributed by atoms with Gasteiger partial charge in [-0.05, 0) is 31.2 Å². The molecule has 0 aliphatic rings. The van der Waals surface area contributed by atoms with Crippen LogP contribution in [-0.2, 0) is 0 Å². The average Bonchev–Trinajstić information content (AvgIpc) is 2.40. The second-order valence-electron chi connectivity index (χ2n) is 4.21. The Morgan fingerprint density at radius 3 is 2.58 bits per heavy atom. The molecule has 0 saturated carbocycles. The molecule has 2 aromatic rings. The summed E-state index contributed by atoms with van der Waals surface area (Å²) in [6, 6.07) is 10.9. The predicted octanol–water partition coefficient (Wildman–Crippen LogP) is 4.17. The number of carbonyl (C=O) groups excluding carboxylic acids is 1. The van der Waals surface area contributed by atoms with Crippen LogP contribution in [0.15, 0.2) is 48.5 Å². The first-order valence-electron chi connectivity index (χ1n) is 5.81. The van der Waals surface area contributed by atoms with Crippen LogP contribution < -0.4 is 0 Å². The SMILES string of the molecule is Cc1cccc(C(=O)C=Cc2cccc(F)c2F)c1. The summed E-state index contributed by atoms with van der Waals surface area (Å²) < 4.78 is 26.4. The molecule has 0 unspecified atom stereocenters. The number of hydrogen-bond acceptors (Lipinski definition) is 1. The summed E-state index contributed by atoms with van der Waals surface area (Å²) in [5, 5.41) is 0. The van der Waals surface area contributed by atoms with Gasteiger partial charge in [-0.1, -0.05) is 35.9 Å². The lowest BCUT2D eigenvalue weighted by atomic mass is 10.1. The number of benzene rings is 2. The van der Waals surface area contributed by atoms with Crippen LogP contribution >= 0.6 is 0 Å². The molecule has 0 spiro atoms. The summed E-state index contributed by atoms with van der Waals surface area (Å²) in [7, 11) is 0. The number of aryl methyl sites for hydroxylation is 1. The molecule has 0 aromatic heterocycles. The van der Waals surface area contributed by atoms with Gasteiger partial charge in [0.1, 0.15) is 0 Å². The minimum Gasteiger partial charge on any atom is -0.289 e. The van der Waals surface area contributed by atoms with Crippen molar-refractivity contribution in [3.63, 3.8) is 0 Å². The number of halogens is 2. The van der Waals surface area contributed by atoms with Gasteiger partial charge in [-0.15, -0.1) is 0 Å². The van der Waals surface area contributed by atoms with Crippen molar-refractivity contribution >= 4 is 11.9 Å². The normalized spacial score (nSPS) is 10.9. The largest absolute Gasteiger partial charge is 0.289 e. The van der Waals surface area contributed by atoms with Crippen LogP contribution in [0, 0.1) is 18.6 Å². The molecule has 0 amide bonds. The molecule has 0 radical (unpaired) electrons. The highest BCUT2D eigenvalue weighted by atomic mass is 19.2. The molecule has 2 rings (SSSR count). The average molecular weight is 258 g/mol. The van der Waals surface area contributed by atoms with Crippen molar-refractivity contribution in [1.29, 1.82) is 0 Å². The van der Waals surface area contributed by atoms with Gasteiger partial charge in [0.2, 0.25) is 0 Å². The predicted molar refractivity (Wildman–Crippen MR) is 70.9 cm³/mol. The van der Waals surface area contributed by atoms with E-state index in [1.54, 1.807) is 18.2 Å². The smallest absolute Gasteiger partial charge is 0.185 e. The lowest BCUT2D eigenvalue weighted by molar-refractivity contribution is 0.104. The van der Waals surface area contributed by atoms with Crippen molar-refractivity contribution in [3.8, 4) is 0 Å². The van der Waals surface area contributed by atoms with Gasteiger partial charge in [-0.3, -0.25) is 4.79 Å². The molecule has 0 aliphatic heterocycles. The van der Waals surface area contributed by atoms with Gasteiger partial charge in [0.25, 0.3) is 0 Å². The molecule has 0 saturated heterocycles. The summed E-state index contributed by atoms with van der Waals surface area (Å²) in [5.74, 6) is -2.12. The third-order valence-corrected chi connectivity index (χ3v) is 2.70. The van der Waals surface area contributed by atoms with E-state index in [0.29, 0.717) is 5.56 Å². The lowest BCUT2D eigenvalue weighted by Gasteiger charge is -1.99. The molecule has 1 nitrogen and oxygen atoms in total. The standard InChI is InChI=1S/C16H12F2O/c1-11-4-2-6-13(10-11)15(19)9-8-12-5-3-7-14(17)16(12)18/h2-10H,1H3. The third-order valence-electron chi connectivity index (χ3n) is 2.70. The summed E-state index contributed by atoms with van der Waals surface area (Å²) >= 11 is 0. The van der Waals surface area contributed by atoms with Gasteiger partial charge in [-0.25, -0.2) is 8.78 Å². The highest BCUT2D eigenvalue weighted by Crippen LogP contribution is 2.13. The monoisotopic (exact) mass is 258 g/mol. The topological polar surface area (TPSA) is 17.1 Å². The Kier molecular flexibility index (Phi) is 3.85. The third kappa shape index (κ3) is 3.13. The fourth-order valence-electron chi connectivity index (χ4n) is 1.71. The highest BCUT2D eigenvalue weighted by molar-refractivity contribution is 6.06. The van der Waals surface area contributed by atoms with Gasteiger partial charge in [0.15, 0.2) is 17.4 Å². The van der Waals surface area contributed by atoms with Crippen LogP contribution in [0.5, 0.6) is 0 Å². The maximum Gasteiger partial charge on any atom is 0.185 e. The maximum absolute atomic E-state index is 13.4. The Labute approximate surface area is 110 Å². The summed E-state index contributed by atoms with van der Waals surface area (Å²) in [4.78, 5) is 11.9. The van der Waals surface area contributed by atoms with Crippen molar-refractivity contribution in [3.05, 3.63) is 76.9 Å². The van der Waals surface area contributed by atoms with Crippen LogP contribution in [0.25, 0.3) is 6.08 Å². The van der Waals surface area contributed by atoms with E-state index in [-0.39, 0.29) is 11.3 Å². The number of hydrogen-bond donors (Lipinski definition) is 0. The molecule has 3 heteroatoms. The van der Waals surface area contributed by atoms with Gasteiger partial charge in [-0.2, -0.15) is 0 Å². The lowest BCUT2D eigenvalue weighted by Crippen LogP contribution is -1.95. The number of carbonyl (C=O) groups is 1. The van der Waals surface area contributed by atoms with Crippen LogP contribution in [-0.4, -0.2) is 5.78 Å². The number of ketones is 1. The molecule has 2 aromatic carbocycles. The Balaban J connectivity index is 2.23. The first-order valence-corrected chi connectivity index (χ1v) is 5.81. The minimum absolute atomic E-state index is 0.0565. The van der Waals surface area contributed by atoms with Crippen molar-refractivity contribution in [2.75, 3.05) is 0 Å². The summed E-state index contributed by atoms with van der Waals surface area (Å²) in [6.45, 7) is 1.88. The van der Waals surface area contributed by atoms with Gasteiger partial charge in [0, 0.05) is 11.1 Å². The Morgan fingerprint density at radius 2 is 1.84 bits per heavy atom. The fourth-order valence-corrected chi connectivity index (χ4v) is 1.71. The Bertz CT molecular complexity index is 645. The van der Waals surface area contributed by atoms with Crippen LogP contribution in [0.1, 0.15) is 21.5 Å². The summed E-state index contributed by atoms with van der Waals surface area (Å²) in [5.41, 5.74) is 1.55. The zero-order chi connectivity index (χ0) is 13.8. The van der Waals surface area contributed by atoms with Crippen molar-refractivity contribution < 1.29 is 13.6 Å². The van der Waals surface area contributed by atoms with E-state index in [2.05, 4.69) is 0 Å². The van der Waals surface area contributed by atoms with E-state index < -0.39 is 11.6 Å². The zero-order valence-electron chi connectivity index (χ0n) is 10.4. The molecular weight excluding hydrogens is 246 g/mol. The van der Waals surface area contributed by atoms with Crippen LogP contribution in [0.2, 0.25) is 0 Å². The number of rotatable bonds is 3. The first-order chi connectivity index (χ1) is 9.08. The maximum atomic E-state index is 13.4. The molecule has 0 heterocycles. The van der Waals surface area contributed by atoms with Crippen molar-refractivity contribution in [1.82, 2.24) is 0 Å². The molecular formula is C16H12F2O. The number of allylic oxidation sites excluding steroid dienone is 1. The first kappa shape index (κ1) is 13.1. The molecule has 0 bridgehead atoms. The van der Waals surface area contributed by atoms with Crippen molar-refractivity contribution in [2.45, 2.75) is 6.92 Å².